The monoisotopic (exact) mass is 326 g/mol. The second-order valence-electron chi connectivity index (χ2n) is 5.71. The minimum Gasteiger partial charge on any atom is -0.496 e. The topological polar surface area (TPSA) is 59.6 Å². The molecule has 1 heterocycles. The van der Waals surface area contributed by atoms with Gasteiger partial charge in [0.1, 0.15) is 5.75 Å². The first kappa shape index (κ1) is 17.1. The Kier molecular flexibility index (Phi) is 6.06. The summed E-state index contributed by atoms with van der Waals surface area (Å²) >= 11 is 5.98. The van der Waals surface area contributed by atoms with Gasteiger partial charge in [-0.25, -0.2) is 0 Å². The van der Waals surface area contributed by atoms with Crippen LogP contribution < -0.4 is 15.4 Å². The van der Waals surface area contributed by atoms with Gasteiger partial charge in [0.25, 0.3) is 5.91 Å². The molecule has 1 fully saturated rings. The molecule has 0 atom stereocenters. The van der Waals surface area contributed by atoms with Crippen LogP contribution in [-0.4, -0.2) is 46.4 Å². The predicted octanol–water partition coefficient (Wildman–Crippen LogP) is 2.09. The molecule has 0 unspecified atom stereocenters. The van der Waals surface area contributed by atoms with Crippen LogP contribution in [0.25, 0.3) is 0 Å². The van der Waals surface area contributed by atoms with Crippen LogP contribution in [0.15, 0.2) is 18.2 Å². The second-order valence-corrected chi connectivity index (χ2v) is 6.15. The quantitative estimate of drug-likeness (QED) is 0.840. The lowest BCUT2D eigenvalue weighted by molar-refractivity contribution is 0.0511. The summed E-state index contributed by atoms with van der Waals surface area (Å²) in [4.78, 5) is 12.5. The molecular formula is C16H23ClN2O3. The Morgan fingerprint density at radius 2 is 2.09 bits per heavy atom. The van der Waals surface area contributed by atoms with Gasteiger partial charge in [-0.05, 0) is 44.1 Å². The molecule has 122 valence electrons. The number of rotatable bonds is 6. The number of hydrogen-bond donors (Lipinski definition) is 2. The molecule has 1 aliphatic heterocycles. The van der Waals surface area contributed by atoms with E-state index >= 15 is 0 Å². The van der Waals surface area contributed by atoms with Crippen LogP contribution in [0.3, 0.4) is 0 Å². The maximum absolute atomic E-state index is 12.5. The highest BCUT2D eigenvalue weighted by Crippen LogP contribution is 2.29. The van der Waals surface area contributed by atoms with Crippen molar-refractivity contribution in [1.82, 2.24) is 10.6 Å². The maximum Gasteiger partial charge on any atom is 0.255 e. The van der Waals surface area contributed by atoms with Crippen LogP contribution in [0.5, 0.6) is 5.75 Å². The first-order valence-electron chi connectivity index (χ1n) is 7.42. The van der Waals surface area contributed by atoms with E-state index in [1.165, 1.54) is 0 Å². The number of ether oxygens (including phenoxy) is 2. The molecule has 0 radical (unpaired) electrons. The number of halogens is 1. The molecule has 0 aromatic heterocycles. The third kappa shape index (κ3) is 4.12. The summed E-state index contributed by atoms with van der Waals surface area (Å²) in [5.41, 5.74) is 0.443. The van der Waals surface area contributed by atoms with E-state index in [2.05, 4.69) is 10.6 Å². The summed E-state index contributed by atoms with van der Waals surface area (Å²) in [5, 5.41) is 6.86. The average Bonchev–Trinajstić information content (AvgIpc) is 2.54. The molecular weight excluding hydrogens is 304 g/mol. The Morgan fingerprint density at radius 3 is 2.73 bits per heavy atom. The molecule has 1 amide bonds. The highest BCUT2D eigenvalue weighted by atomic mass is 35.5. The normalized spacial score (nSPS) is 17.0. The molecule has 1 saturated heterocycles. The number of piperidine rings is 1. The number of amides is 1. The summed E-state index contributed by atoms with van der Waals surface area (Å²) in [7, 11) is 3.24. The maximum atomic E-state index is 12.5. The van der Waals surface area contributed by atoms with Gasteiger partial charge < -0.3 is 20.1 Å². The molecule has 1 aromatic rings. The van der Waals surface area contributed by atoms with Crippen molar-refractivity contribution in [2.75, 3.05) is 40.5 Å². The van der Waals surface area contributed by atoms with E-state index < -0.39 is 0 Å². The zero-order chi connectivity index (χ0) is 16.0. The molecule has 2 rings (SSSR count). The van der Waals surface area contributed by atoms with E-state index in [9.17, 15) is 4.79 Å². The second kappa shape index (κ2) is 7.81. The fourth-order valence-electron chi connectivity index (χ4n) is 2.86. The third-order valence-electron chi connectivity index (χ3n) is 4.14. The van der Waals surface area contributed by atoms with E-state index in [0.717, 1.165) is 25.9 Å². The summed E-state index contributed by atoms with van der Waals surface area (Å²) in [6.07, 6.45) is 1.96. The lowest BCUT2D eigenvalue weighted by atomic mass is 9.79. The fraction of sp³-hybridized carbons (Fsp3) is 0.562. The molecule has 5 nitrogen and oxygen atoms in total. The van der Waals surface area contributed by atoms with Crippen LogP contribution in [0, 0.1) is 5.41 Å². The van der Waals surface area contributed by atoms with Crippen LogP contribution in [0.4, 0.5) is 0 Å². The molecule has 2 N–H and O–H groups in total. The number of hydrogen-bond acceptors (Lipinski definition) is 4. The van der Waals surface area contributed by atoms with Crippen molar-refractivity contribution in [2.45, 2.75) is 12.8 Å². The summed E-state index contributed by atoms with van der Waals surface area (Å²) in [5.74, 6) is 0.348. The van der Waals surface area contributed by atoms with Crippen molar-refractivity contribution in [3.63, 3.8) is 0 Å². The molecule has 6 heteroatoms. The van der Waals surface area contributed by atoms with Crippen LogP contribution in [0.1, 0.15) is 23.2 Å². The van der Waals surface area contributed by atoms with Gasteiger partial charge >= 0.3 is 0 Å². The van der Waals surface area contributed by atoms with Crippen LogP contribution in [-0.2, 0) is 4.74 Å². The van der Waals surface area contributed by atoms with E-state index in [-0.39, 0.29) is 11.3 Å². The van der Waals surface area contributed by atoms with Crippen molar-refractivity contribution in [1.29, 1.82) is 0 Å². The minimum atomic E-state index is -0.173. The van der Waals surface area contributed by atoms with Crippen LogP contribution in [0.2, 0.25) is 5.02 Å². The zero-order valence-corrected chi connectivity index (χ0v) is 13.8. The Hall–Kier alpha value is -1.30. The van der Waals surface area contributed by atoms with Crippen molar-refractivity contribution >= 4 is 17.5 Å². The molecule has 1 aromatic carbocycles. The number of carbonyl (C=O) groups is 1. The van der Waals surface area contributed by atoms with Gasteiger partial charge in [-0.1, -0.05) is 11.6 Å². The zero-order valence-electron chi connectivity index (χ0n) is 13.1. The van der Waals surface area contributed by atoms with E-state index in [1.807, 2.05) is 0 Å². The van der Waals surface area contributed by atoms with Gasteiger partial charge in [-0.15, -0.1) is 0 Å². The lowest BCUT2D eigenvalue weighted by Crippen LogP contribution is -2.47. The first-order valence-corrected chi connectivity index (χ1v) is 7.79. The van der Waals surface area contributed by atoms with Crippen LogP contribution >= 0.6 is 11.6 Å². The Labute approximate surface area is 136 Å². The largest absolute Gasteiger partial charge is 0.496 e. The van der Waals surface area contributed by atoms with Crippen molar-refractivity contribution in [2.24, 2.45) is 5.41 Å². The molecule has 0 aliphatic carbocycles. The van der Waals surface area contributed by atoms with Crippen molar-refractivity contribution in [3.05, 3.63) is 28.8 Å². The van der Waals surface area contributed by atoms with Gasteiger partial charge in [0.05, 0.1) is 19.3 Å². The average molecular weight is 327 g/mol. The van der Waals surface area contributed by atoms with E-state index in [1.54, 1.807) is 32.4 Å². The third-order valence-corrected chi connectivity index (χ3v) is 4.38. The Bertz CT molecular complexity index is 511. The lowest BCUT2D eigenvalue weighted by Gasteiger charge is -2.37. The van der Waals surface area contributed by atoms with E-state index in [4.69, 9.17) is 21.1 Å². The van der Waals surface area contributed by atoms with Gasteiger partial charge in [0.15, 0.2) is 0 Å². The highest BCUT2D eigenvalue weighted by molar-refractivity contribution is 6.31. The summed E-state index contributed by atoms with van der Waals surface area (Å²) < 4.78 is 10.6. The summed E-state index contributed by atoms with van der Waals surface area (Å²) in [6.45, 7) is 3.11. The summed E-state index contributed by atoms with van der Waals surface area (Å²) in [6, 6.07) is 5.03. The van der Waals surface area contributed by atoms with Gasteiger partial charge in [0, 0.05) is 24.1 Å². The SMILES string of the molecule is COCC1(CNC(=O)c2cc(Cl)ccc2OC)CCNCC1. The molecule has 22 heavy (non-hydrogen) atoms. The number of nitrogens with one attached hydrogen (secondary N) is 2. The standard InChI is InChI=1S/C16H23ClN2O3/c1-21-11-16(5-7-18-8-6-16)10-19-15(20)13-9-12(17)3-4-14(13)22-2/h3-4,9,18H,5-8,10-11H2,1-2H3,(H,19,20). The van der Waals surface area contributed by atoms with Crippen molar-refractivity contribution < 1.29 is 14.3 Å². The highest BCUT2D eigenvalue weighted by Gasteiger charge is 2.32. The molecule has 0 saturated carbocycles. The fourth-order valence-corrected chi connectivity index (χ4v) is 3.03. The molecule has 0 spiro atoms. The molecule has 0 bridgehead atoms. The number of methoxy groups -OCH3 is 2. The Morgan fingerprint density at radius 1 is 1.36 bits per heavy atom. The first-order chi connectivity index (χ1) is 10.6. The van der Waals surface area contributed by atoms with E-state index in [0.29, 0.717) is 29.5 Å². The molecule has 1 aliphatic rings. The van der Waals surface area contributed by atoms with Gasteiger partial charge in [-0.2, -0.15) is 0 Å². The smallest absolute Gasteiger partial charge is 0.255 e. The van der Waals surface area contributed by atoms with Gasteiger partial charge in [0.2, 0.25) is 0 Å². The predicted molar refractivity (Wildman–Crippen MR) is 86.7 cm³/mol. The van der Waals surface area contributed by atoms with Gasteiger partial charge in [-0.3, -0.25) is 4.79 Å². The number of carbonyl (C=O) groups excluding carboxylic acids is 1. The number of benzene rings is 1. The minimum absolute atomic E-state index is 0.0124. The van der Waals surface area contributed by atoms with Crippen molar-refractivity contribution in [3.8, 4) is 5.75 Å². The Balaban J connectivity index is 2.06.